The lowest BCUT2D eigenvalue weighted by molar-refractivity contribution is 0.0804. The Bertz CT molecular complexity index is 1380. The fourth-order valence-corrected chi connectivity index (χ4v) is 5.30. The second-order valence-corrected chi connectivity index (χ2v) is 10.6. The van der Waals surface area contributed by atoms with Crippen molar-refractivity contribution in [2.45, 2.75) is 44.1 Å². The van der Waals surface area contributed by atoms with Crippen LogP contribution in [0.4, 0.5) is 23.0 Å². The Hall–Kier alpha value is -3.62. The maximum atomic E-state index is 6.30. The van der Waals surface area contributed by atoms with Gasteiger partial charge in [-0.1, -0.05) is 12.1 Å². The minimum atomic E-state index is -0.0610. The summed E-state index contributed by atoms with van der Waals surface area (Å²) in [6.07, 6.45) is 5.95. The highest BCUT2D eigenvalue weighted by Crippen LogP contribution is 2.37. The molecule has 8 nitrogen and oxygen atoms in total. The van der Waals surface area contributed by atoms with Crippen LogP contribution in [0.1, 0.15) is 44.1 Å². The van der Waals surface area contributed by atoms with Crippen molar-refractivity contribution in [1.29, 1.82) is 0 Å². The molecule has 2 aromatic carbocycles. The summed E-state index contributed by atoms with van der Waals surface area (Å²) in [6.45, 7) is 5.54. The van der Waals surface area contributed by atoms with Crippen LogP contribution in [0.5, 0.6) is 0 Å². The summed E-state index contributed by atoms with van der Waals surface area (Å²) in [5.74, 6) is 1.43. The molecule has 37 heavy (non-hydrogen) atoms. The third-order valence-corrected chi connectivity index (χ3v) is 7.62. The van der Waals surface area contributed by atoms with Crippen molar-refractivity contribution < 1.29 is 9.15 Å². The fourth-order valence-electron chi connectivity index (χ4n) is 5.30. The van der Waals surface area contributed by atoms with Crippen molar-refractivity contribution in [2.75, 3.05) is 42.3 Å². The average Bonchev–Trinajstić information content (AvgIpc) is 3.36. The molecule has 0 bridgehead atoms. The van der Waals surface area contributed by atoms with E-state index in [-0.39, 0.29) is 11.5 Å². The number of piperidine rings is 1. The lowest BCUT2D eigenvalue weighted by atomic mass is 9.91. The second-order valence-electron chi connectivity index (χ2n) is 10.6. The Morgan fingerprint density at radius 1 is 1.11 bits per heavy atom. The highest BCUT2D eigenvalue weighted by atomic mass is 16.5. The van der Waals surface area contributed by atoms with Crippen molar-refractivity contribution in [1.82, 2.24) is 9.97 Å². The van der Waals surface area contributed by atoms with E-state index in [2.05, 4.69) is 46.4 Å². The van der Waals surface area contributed by atoms with Crippen molar-refractivity contribution in [2.24, 2.45) is 5.73 Å². The molecule has 1 atom stereocenters. The molecule has 2 aliphatic heterocycles. The van der Waals surface area contributed by atoms with Crippen LogP contribution in [0.3, 0.4) is 0 Å². The van der Waals surface area contributed by atoms with Crippen LogP contribution in [-0.4, -0.2) is 41.8 Å². The van der Waals surface area contributed by atoms with E-state index in [1.165, 1.54) is 5.69 Å². The zero-order valence-electron chi connectivity index (χ0n) is 21.2. The SMILES string of the molecule is CC1(N)CCN(c2ccc(Nc3ncc(C4CCCOC4)c(-c4cc5cccc(N)c5o4)n3)cc2)CC1. The van der Waals surface area contributed by atoms with Crippen LogP contribution in [-0.2, 0) is 4.74 Å². The van der Waals surface area contributed by atoms with Gasteiger partial charge in [-0.3, -0.25) is 0 Å². The molecule has 6 rings (SSSR count). The van der Waals surface area contributed by atoms with Gasteiger partial charge in [0.25, 0.3) is 0 Å². The van der Waals surface area contributed by atoms with Gasteiger partial charge < -0.3 is 30.8 Å². The quantitative estimate of drug-likeness (QED) is 0.312. The maximum Gasteiger partial charge on any atom is 0.227 e. The number of hydrogen-bond acceptors (Lipinski definition) is 8. The monoisotopic (exact) mass is 498 g/mol. The van der Waals surface area contributed by atoms with Gasteiger partial charge >= 0.3 is 0 Å². The third kappa shape index (κ3) is 4.99. The van der Waals surface area contributed by atoms with Crippen molar-refractivity contribution in [3.8, 4) is 11.5 Å². The van der Waals surface area contributed by atoms with Gasteiger partial charge in [0.1, 0.15) is 5.69 Å². The molecule has 2 saturated heterocycles. The Kier molecular flexibility index (Phi) is 6.22. The molecule has 2 aliphatic rings. The lowest BCUT2D eigenvalue weighted by Crippen LogP contribution is -2.48. The van der Waals surface area contributed by atoms with Gasteiger partial charge in [-0.2, -0.15) is 0 Å². The second kappa shape index (κ2) is 9.68. The molecular weight excluding hydrogens is 464 g/mol. The van der Waals surface area contributed by atoms with Crippen molar-refractivity contribution in [3.63, 3.8) is 0 Å². The number of para-hydroxylation sites is 1. The molecule has 4 aromatic rings. The molecule has 192 valence electrons. The molecule has 1 unspecified atom stereocenters. The number of aromatic nitrogens is 2. The lowest BCUT2D eigenvalue weighted by Gasteiger charge is -2.38. The Labute approximate surface area is 217 Å². The highest BCUT2D eigenvalue weighted by molar-refractivity contribution is 5.91. The maximum absolute atomic E-state index is 6.30. The first-order valence-corrected chi connectivity index (χ1v) is 13.1. The summed E-state index contributed by atoms with van der Waals surface area (Å²) in [7, 11) is 0. The predicted octanol–water partition coefficient (Wildman–Crippen LogP) is 5.43. The van der Waals surface area contributed by atoms with E-state index in [1.807, 2.05) is 30.5 Å². The predicted molar refractivity (Wildman–Crippen MR) is 148 cm³/mol. The Morgan fingerprint density at radius 3 is 2.65 bits per heavy atom. The first kappa shape index (κ1) is 23.8. The third-order valence-electron chi connectivity index (χ3n) is 7.62. The fraction of sp³-hybridized carbons (Fsp3) is 0.379. The number of nitrogens with two attached hydrogens (primary N) is 2. The Balaban J connectivity index is 1.28. The summed E-state index contributed by atoms with van der Waals surface area (Å²) < 4.78 is 12.0. The number of nitrogen functional groups attached to an aromatic ring is 1. The topological polar surface area (TPSA) is 115 Å². The van der Waals surface area contributed by atoms with Crippen LogP contribution in [0, 0.1) is 0 Å². The van der Waals surface area contributed by atoms with Crippen LogP contribution < -0.4 is 21.7 Å². The molecule has 0 radical (unpaired) electrons. The number of furan rings is 1. The molecular formula is C29H34N6O2. The highest BCUT2D eigenvalue weighted by Gasteiger charge is 2.26. The molecule has 5 N–H and O–H groups in total. The summed E-state index contributed by atoms with van der Waals surface area (Å²) in [4.78, 5) is 12.0. The van der Waals surface area contributed by atoms with E-state index in [9.17, 15) is 0 Å². The number of benzene rings is 2. The van der Waals surface area contributed by atoms with Crippen LogP contribution in [0.15, 0.2) is 59.1 Å². The summed E-state index contributed by atoms with van der Waals surface area (Å²) >= 11 is 0. The van der Waals surface area contributed by atoms with E-state index in [0.29, 0.717) is 29.6 Å². The van der Waals surface area contributed by atoms with Crippen molar-refractivity contribution in [3.05, 3.63) is 60.3 Å². The van der Waals surface area contributed by atoms with Crippen LogP contribution in [0.2, 0.25) is 0 Å². The minimum Gasteiger partial charge on any atom is -0.452 e. The van der Waals surface area contributed by atoms with Gasteiger partial charge in [-0.05, 0) is 69.0 Å². The number of hydrogen-bond donors (Lipinski definition) is 3. The minimum absolute atomic E-state index is 0.0610. The zero-order valence-corrected chi connectivity index (χ0v) is 21.2. The normalized spacial score (nSPS) is 19.7. The van der Waals surface area contributed by atoms with Gasteiger partial charge in [0.2, 0.25) is 5.95 Å². The number of rotatable bonds is 5. The summed E-state index contributed by atoms with van der Waals surface area (Å²) in [6, 6.07) is 16.2. The smallest absolute Gasteiger partial charge is 0.227 e. The first-order valence-electron chi connectivity index (χ1n) is 13.1. The average molecular weight is 499 g/mol. The molecule has 2 aromatic heterocycles. The molecule has 0 aliphatic carbocycles. The summed E-state index contributed by atoms with van der Waals surface area (Å²) in [5, 5.41) is 4.33. The number of nitrogens with zero attached hydrogens (tertiary/aromatic N) is 3. The van der Waals surface area contributed by atoms with Crippen LogP contribution >= 0.6 is 0 Å². The first-order chi connectivity index (χ1) is 17.9. The largest absolute Gasteiger partial charge is 0.452 e. The number of ether oxygens (including phenoxy) is 1. The van der Waals surface area contributed by atoms with Gasteiger partial charge in [0, 0.05) is 59.7 Å². The van der Waals surface area contributed by atoms with Gasteiger partial charge in [0.15, 0.2) is 11.3 Å². The van der Waals surface area contributed by atoms with Gasteiger partial charge in [0.05, 0.1) is 12.3 Å². The molecule has 0 amide bonds. The molecule has 4 heterocycles. The van der Waals surface area contributed by atoms with E-state index < -0.39 is 0 Å². The van der Waals surface area contributed by atoms with E-state index >= 15 is 0 Å². The number of nitrogens with one attached hydrogen (secondary N) is 1. The van der Waals surface area contributed by atoms with E-state index in [4.69, 9.17) is 25.6 Å². The number of anilines is 4. The van der Waals surface area contributed by atoms with Crippen LogP contribution in [0.25, 0.3) is 22.4 Å². The number of fused-ring (bicyclic) bond motifs is 1. The van der Waals surface area contributed by atoms with Gasteiger partial charge in [-0.25, -0.2) is 9.97 Å². The van der Waals surface area contributed by atoms with Gasteiger partial charge in [-0.15, -0.1) is 0 Å². The van der Waals surface area contributed by atoms with Crippen molar-refractivity contribution >= 4 is 34.0 Å². The molecule has 0 saturated carbocycles. The standard InChI is InChI=1S/C29H34N6O2/c1-29(31)11-13-35(14-12-29)22-9-7-21(8-10-22)33-28-32-17-23(20-5-3-15-36-18-20)26(34-28)25-16-19-4-2-6-24(30)27(19)37-25/h2,4,6-10,16-17,20H,3,5,11-15,18,30-31H2,1H3,(H,32,33,34). The Morgan fingerprint density at radius 2 is 1.92 bits per heavy atom. The van der Waals surface area contributed by atoms with E-state index in [1.54, 1.807) is 0 Å². The summed E-state index contributed by atoms with van der Waals surface area (Å²) in [5.41, 5.74) is 17.7. The zero-order chi connectivity index (χ0) is 25.4. The molecule has 2 fully saturated rings. The molecule has 8 heteroatoms. The molecule has 0 spiro atoms. The van der Waals surface area contributed by atoms with E-state index in [0.717, 1.165) is 67.7 Å².